The molecular weight excluding hydrogens is 356 g/mol. The molecular formula is C23H34O5. The van der Waals surface area contributed by atoms with Gasteiger partial charge in [0.2, 0.25) is 0 Å². The first-order valence-corrected chi connectivity index (χ1v) is 9.94. The molecule has 1 aromatic rings. The van der Waals surface area contributed by atoms with Crippen molar-refractivity contribution in [3.05, 3.63) is 29.3 Å². The quantitative estimate of drug-likeness (QED) is 0.562. The van der Waals surface area contributed by atoms with Crippen molar-refractivity contribution in [1.29, 1.82) is 0 Å². The molecule has 0 amide bonds. The number of rotatable bonds is 10. The zero-order valence-corrected chi connectivity index (χ0v) is 15.9. The number of carbonyl (C=O) groups is 1. The Labute approximate surface area is 177 Å². The van der Waals surface area contributed by atoms with E-state index in [2.05, 4.69) is 0 Å². The van der Waals surface area contributed by atoms with Gasteiger partial charge in [0.1, 0.15) is 5.75 Å². The molecule has 1 fully saturated rings. The molecule has 3 N–H and O–H groups in total. The van der Waals surface area contributed by atoms with Gasteiger partial charge >= 0.3 is 5.97 Å². The fourth-order valence-electron chi connectivity index (χ4n) is 4.65. The molecule has 0 aromatic heterocycles. The monoisotopic (exact) mass is 397 g/mol. The number of aliphatic hydroxyl groups excluding tert-OH is 2. The van der Waals surface area contributed by atoms with Crippen LogP contribution in [0.15, 0.2) is 18.2 Å². The highest BCUT2D eigenvalue weighted by Crippen LogP contribution is 2.48. The normalized spacial score (nSPS) is 32.3. The maximum Gasteiger partial charge on any atom is 0.341 e. The van der Waals surface area contributed by atoms with Crippen LogP contribution in [0.3, 0.4) is 0 Å². The Kier molecular flexibility index (Phi) is 4.73. The molecule has 0 radical (unpaired) electrons. The van der Waals surface area contributed by atoms with E-state index in [1.807, 2.05) is 6.07 Å². The first kappa shape index (κ1) is 13.6. The number of benzene rings is 1. The van der Waals surface area contributed by atoms with Crippen LogP contribution in [0.2, 0.25) is 0 Å². The molecule has 5 atom stereocenters. The maximum atomic E-state index is 10.9. The molecule has 0 saturated heterocycles. The smallest absolute Gasteiger partial charge is 0.341 e. The van der Waals surface area contributed by atoms with Crippen LogP contribution in [0, 0.1) is 17.8 Å². The van der Waals surface area contributed by atoms with E-state index >= 15 is 0 Å². The molecule has 0 heterocycles. The Morgan fingerprint density at radius 2 is 2.21 bits per heavy atom. The van der Waals surface area contributed by atoms with Crippen molar-refractivity contribution in [2.24, 2.45) is 17.8 Å². The summed E-state index contributed by atoms with van der Waals surface area (Å²) in [5.74, 6) is -1.44. The van der Waals surface area contributed by atoms with Crippen LogP contribution in [-0.4, -0.2) is 40.1 Å². The second kappa shape index (κ2) is 9.75. The molecule has 28 heavy (non-hydrogen) atoms. The number of hydrogen-bond donors (Lipinski definition) is 3. The number of aliphatic carboxylic acids is 1. The van der Waals surface area contributed by atoms with E-state index in [0.29, 0.717) is 25.0 Å². The van der Waals surface area contributed by atoms with Crippen LogP contribution < -0.4 is 4.74 Å². The third-order valence-corrected chi connectivity index (χ3v) is 5.96. The van der Waals surface area contributed by atoms with Gasteiger partial charge in [-0.15, -0.1) is 0 Å². The predicted molar refractivity (Wildman–Crippen MR) is 107 cm³/mol. The van der Waals surface area contributed by atoms with Crippen LogP contribution in [-0.2, 0) is 17.6 Å². The Balaban J connectivity index is 1.66. The fourth-order valence-corrected chi connectivity index (χ4v) is 4.65. The summed E-state index contributed by atoms with van der Waals surface area (Å²) in [5, 5.41) is 30.2. The van der Waals surface area contributed by atoms with Gasteiger partial charge in [0.15, 0.2) is 6.61 Å². The van der Waals surface area contributed by atoms with E-state index in [-0.39, 0.29) is 37.5 Å². The van der Waals surface area contributed by atoms with Gasteiger partial charge in [-0.1, -0.05) is 38.2 Å². The van der Waals surface area contributed by atoms with E-state index in [1.165, 1.54) is 0 Å². The van der Waals surface area contributed by atoms with Gasteiger partial charge in [-0.25, -0.2) is 4.79 Å². The third-order valence-electron chi connectivity index (χ3n) is 5.96. The van der Waals surface area contributed by atoms with E-state index < -0.39 is 50.3 Å². The van der Waals surface area contributed by atoms with Gasteiger partial charge in [0, 0.05) is 9.60 Å². The average molecular weight is 398 g/mol. The Morgan fingerprint density at radius 1 is 1.36 bits per heavy atom. The molecule has 0 unspecified atom stereocenters. The summed E-state index contributed by atoms with van der Waals surface area (Å²) in [4.78, 5) is 10.9. The number of ether oxygens (including phenoxy) is 1. The average Bonchev–Trinajstić information content (AvgIpc) is 3.04. The second-order valence-electron chi connectivity index (χ2n) is 7.87. The Hall–Kier alpha value is -1.59. The van der Waals surface area contributed by atoms with Gasteiger partial charge < -0.3 is 20.1 Å². The third kappa shape index (κ3) is 5.06. The molecule has 2 aliphatic carbocycles. The molecule has 156 valence electrons. The maximum absolute atomic E-state index is 10.9. The lowest BCUT2D eigenvalue weighted by Crippen LogP contribution is -2.28. The largest absolute Gasteiger partial charge is 0.482 e. The van der Waals surface area contributed by atoms with Crippen molar-refractivity contribution in [3.8, 4) is 5.75 Å². The second-order valence-corrected chi connectivity index (χ2v) is 7.87. The molecule has 0 aliphatic heterocycles. The molecule has 1 saturated carbocycles. The lowest BCUT2D eigenvalue weighted by molar-refractivity contribution is -0.139. The summed E-state index contributed by atoms with van der Waals surface area (Å²) >= 11 is 0. The van der Waals surface area contributed by atoms with E-state index in [9.17, 15) is 15.0 Å². The van der Waals surface area contributed by atoms with Crippen LogP contribution >= 0.6 is 0 Å². The molecule has 1 aromatic carbocycles. The number of carboxylic acids is 1. The minimum atomic E-state index is -2.76. The highest BCUT2D eigenvalue weighted by atomic mass is 16.5. The van der Waals surface area contributed by atoms with Crippen molar-refractivity contribution < 1.29 is 34.4 Å². The molecule has 3 rings (SSSR count). The van der Waals surface area contributed by atoms with Crippen molar-refractivity contribution >= 4 is 5.97 Å². The first-order chi connectivity index (χ1) is 16.1. The van der Waals surface area contributed by atoms with Crippen molar-refractivity contribution in [3.63, 3.8) is 0 Å². The van der Waals surface area contributed by atoms with Crippen molar-refractivity contribution in [2.75, 3.05) is 6.61 Å². The first-order valence-electron chi connectivity index (χ1n) is 13.4. The number of fused-ring (bicyclic) bond motifs is 2. The minimum absolute atomic E-state index is 0.00386. The van der Waals surface area contributed by atoms with Crippen LogP contribution in [0.4, 0.5) is 0 Å². The predicted octanol–water partition coefficient (Wildman–Crippen LogP) is 3.58. The van der Waals surface area contributed by atoms with Crippen LogP contribution in [0.1, 0.15) is 72.4 Å². The van der Waals surface area contributed by atoms with Gasteiger partial charge in [0.25, 0.3) is 0 Å². The van der Waals surface area contributed by atoms with E-state index in [4.69, 9.17) is 19.4 Å². The summed E-state index contributed by atoms with van der Waals surface area (Å²) in [6, 6.07) is 5.40. The summed E-state index contributed by atoms with van der Waals surface area (Å²) in [5.41, 5.74) is 1.84. The van der Waals surface area contributed by atoms with Gasteiger partial charge in [-0.2, -0.15) is 0 Å². The zero-order valence-electron chi connectivity index (χ0n) is 22.9. The summed E-state index contributed by atoms with van der Waals surface area (Å²) in [7, 11) is 0. The van der Waals surface area contributed by atoms with Crippen LogP contribution in [0.5, 0.6) is 5.75 Å². The molecule has 0 bridgehead atoms. The van der Waals surface area contributed by atoms with Gasteiger partial charge in [-0.05, 0) is 73.4 Å². The Morgan fingerprint density at radius 3 is 3.00 bits per heavy atom. The SMILES string of the molecule is [2H]C([2H])(C[C@@H](O)CCCC([2H])([2H])C([2H])([2H])[2H])[C@@H]1[C@H]2Cc3cccc(OCC(=O)O)c3C[C@H]2C[C@H]1O. The Bertz CT molecular complexity index is 905. The van der Waals surface area contributed by atoms with E-state index in [1.54, 1.807) is 12.1 Å². The topological polar surface area (TPSA) is 87.0 Å². The van der Waals surface area contributed by atoms with Gasteiger partial charge in [-0.3, -0.25) is 0 Å². The number of carboxylic acid groups (broad SMARTS) is 1. The number of aliphatic hydroxyl groups is 2. The summed E-state index contributed by atoms with van der Waals surface area (Å²) < 4.78 is 60.0. The van der Waals surface area contributed by atoms with Crippen molar-refractivity contribution in [1.82, 2.24) is 0 Å². The van der Waals surface area contributed by atoms with Gasteiger partial charge in [0.05, 0.1) is 12.2 Å². The lowest BCUT2D eigenvalue weighted by Gasteiger charge is -2.32. The number of hydrogen-bond acceptors (Lipinski definition) is 4. The highest BCUT2D eigenvalue weighted by Gasteiger charge is 2.44. The summed E-state index contributed by atoms with van der Waals surface area (Å²) in [6.07, 6.45) is -5.09. The minimum Gasteiger partial charge on any atom is -0.482 e. The fraction of sp³-hybridized carbons (Fsp3) is 0.696. The molecule has 0 spiro atoms. The lowest BCUT2D eigenvalue weighted by atomic mass is 9.73. The van der Waals surface area contributed by atoms with Crippen LogP contribution in [0.25, 0.3) is 0 Å². The van der Waals surface area contributed by atoms with Crippen molar-refractivity contribution in [2.45, 2.75) is 76.8 Å². The molecule has 2 aliphatic rings. The summed E-state index contributed by atoms with van der Waals surface area (Å²) in [6.45, 7) is -3.21. The molecule has 5 nitrogen and oxygen atoms in total. The van der Waals surface area contributed by atoms with E-state index in [0.717, 1.165) is 11.1 Å². The highest BCUT2D eigenvalue weighted by molar-refractivity contribution is 5.68. The standard InChI is InChI=1S/C23H34O5/c1-2-3-4-7-17(24)9-10-18-19-11-15-6-5-8-22(28-14-23(26)27)20(15)12-16(19)13-21(18)25/h5-6,8,16-19,21,24-25H,2-4,7,9-14H2,1H3,(H,26,27)/t16-,17-,18+,19-,21+/m0/s1/i1D3,2D2,10D2. The molecule has 5 heteroatoms. The zero-order chi connectivity index (χ0) is 26.2.